The summed E-state index contributed by atoms with van der Waals surface area (Å²) >= 11 is 0. The lowest BCUT2D eigenvalue weighted by atomic mass is 10.2. The molecule has 2 aromatic rings. The van der Waals surface area contributed by atoms with E-state index in [0.29, 0.717) is 30.2 Å². The second kappa shape index (κ2) is 10.1. The van der Waals surface area contributed by atoms with Crippen molar-refractivity contribution in [2.75, 3.05) is 33.9 Å². The molecular formula is C19H23N3O5. The van der Waals surface area contributed by atoms with Gasteiger partial charge in [-0.3, -0.25) is 19.0 Å². The van der Waals surface area contributed by atoms with Crippen LogP contribution in [0.4, 0.5) is 0 Å². The van der Waals surface area contributed by atoms with Gasteiger partial charge in [0.05, 0.1) is 19.3 Å². The maximum absolute atomic E-state index is 12.3. The molecule has 0 fully saturated rings. The van der Waals surface area contributed by atoms with Crippen molar-refractivity contribution in [1.82, 2.24) is 15.2 Å². The first-order valence-electron chi connectivity index (χ1n) is 8.46. The molecule has 0 radical (unpaired) electrons. The van der Waals surface area contributed by atoms with Crippen LogP contribution >= 0.6 is 0 Å². The Kier molecular flexibility index (Phi) is 7.57. The highest BCUT2D eigenvalue weighted by molar-refractivity contribution is 5.94. The van der Waals surface area contributed by atoms with Crippen LogP contribution in [0.25, 0.3) is 5.69 Å². The third-order valence-electron chi connectivity index (χ3n) is 3.79. The van der Waals surface area contributed by atoms with Gasteiger partial charge in [-0.15, -0.1) is 0 Å². The van der Waals surface area contributed by atoms with E-state index in [1.165, 1.54) is 22.9 Å². The van der Waals surface area contributed by atoms with E-state index in [1.54, 1.807) is 38.5 Å². The number of amides is 2. The minimum absolute atomic E-state index is 0.160. The van der Waals surface area contributed by atoms with Crippen LogP contribution < -0.4 is 20.9 Å². The summed E-state index contributed by atoms with van der Waals surface area (Å²) in [5.74, 6) is 0.141. The van der Waals surface area contributed by atoms with E-state index in [2.05, 4.69) is 10.6 Å². The third kappa shape index (κ3) is 5.96. The Balaban J connectivity index is 1.98. The molecule has 0 aliphatic heterocycles. The highest BCUT2D eigenvalue weighted by Crippen LogP contribution is 2.14. The SMILES string of the molecule is COCCNC(=O)CCNC(=O)c1ccc(=O)n(-c2ccc(OC)cc2)c1. The quantitative estimate of drug-likeness (QED) is 0.632. The molecule has 0 spiro atoms. The molecule has 8 heteroatoms. The smallest absolute Gasteiger partial charge is 0.255 e. The molecule has 0 atom stereocenters. The zero-order valence-electron chi connectivity index (χ0n) is 15.4. The number of carbonyl (C=O) groups excluding carboxylic acids is 2. The Morgan fingerprint density at radius 3 is 2.41 bits per heavy atom. The highest BCUT2D eigenvalue weighted by Gasteiger charge is 2.09. The molecule has 1 aromatic carbocycles. The first-order valence-corrected chi connectivity index (χ1v) is 8.46. The van der Waals surface area contributed by atoms with Crippen molar-refractivity contribution in [2.45, 2.75) is 6.42 Å². The van der Waals surface area contributed by atoms with Crippen molar-refractivity contribution in [1.29, 1.82) is 0 Å². The summed E-state index contributed by atoms with van der Waals surface area (Å²) in [5.41, 5.74) is 0.687. The predicted molar refractivity (Wildman–Crippen MR) is 100 cm³/mol. The molecule has 8 nitrogen and oxygen atoms in total. The Bertz CT molecular complexity index is 830. The molecule has 0 saturated carbocycles. The monoisotopic (exact) mass is 373 g/mol. The number of carbonyl (C=O) groups is 2. The summed E-state index contributed by atoms with van der Waals surface area (Å²) in [7, 11) is 3.11. The number of nitrogens with one attached hydrogen (secondary N) is 2. The Hall–Kier alpha value is -3.13. The summed E-state index contributed by atoms with van der Waals surface area (Å²) < 4.78 is 11.3. The normalized spacial score (nSPS) is 10.3. The Morgan fingerprint density at radius 1 is 1.00 bits per heavy atom. The largest absolute Gasteiger partial charge is 0.497 e. The van der Waals surface area contributed by atoms with Crippen LogP contribution in [0.15, 0.2) is 47.4 Å². The van der Waals surface area contributed by atoms with E-state index in [4.69, 9.17) is 9.47 Å². The molecule has 0 unspecified atom stereocenters. The summed E-state index contributed by atoms with van der Waals surface area (Å²) in [4.78, 5) is 36.0. The van der Waals surface area contributed by atoms with Gasteiger partial charge < -0.3 is 20.1 Å². The lowest BCUT2D eigenvalue weighted by molar-refractivity contribution is -0.121. The minimum Gasteiger partial charge on any atom is -0.497 e. The van der Waals surface area contributed by atoms with E-state index < -0.39 is 0 Å². The van der Waals surface area contributed by atoms with Crippen molar-refractivity contribution >= 4 is 11.8 Å². The second-order valence-electron chi connectivity index (χ2n) is 5.67. The van der Waals surface area contributed by atoms with Gasteiger partial charge in [0.2, 0.25) is 5.91 Å². The number of hydrogen-bond donors (Lipinski definition) is 2. The molecule has 0 saturated heterocycles. The number of nitrogens with zero attached hydrogens (tertiary/aromatic N) is 1. The summed E-state index contributed by atoms with van der Waals surface area (Å²) in [6, 6.07) is 9.71. The van der Waals surface area contributed by atoms with Gasteiger partial charge in [-0.05, 0) is 30.3 Å². The number of aromatic nitrogens is 1. The molecule has 0 bridgehead atoms. The Labute approximate surface area is 157 Å². The lowest BCUT2D eigenvalue weighted by Gasteiger charge is -2.10. The zero-order valence-corrected chi connectivity index (χ0v) is 15.4. The summed E-state index contributed by atoms with van der Waals surface area (Å²) in [6.07, 6.45) is 1.63. The van der Waals surface area contributed by atoms with E-state index in [1.807, 2.05) is 0 Å². The summed E-state index contributed by atoms with van der Waals surface area (Å²) in [5, 5.41) is 5.34. The number of methoxy groups -OCH3 is 2. The third-order valence-corrected chi connectivity index (χ3v) is 3.79. The molecule has 1 aromatic heterocycles. The van der Waals surface area contributed by atoms with Gasteiger partial charge in [0.1, 0.15) is 5.75 Å². The maximum Gasteiger partial charge on any atom is 0.255 e. The van der Waals surface area contributed by atoms with Crippen LogP contribution in [0.2, 0.25) is 0 Å². The molecule has 1 heterocycles. The van der Waals surface area contributed by atoms with Crippen molar-refractivity contribution in [3.63, 3.8) is 0 Å². The van der Waals surface area contributed by atoms with Crippen molar-refractivity contribution < 1.29 is 19.1 Å². The van der Waals surface area contributed by atoms with Crippen molar-refractivity contribution in [3.05, 3.63) is 58.5 Å². The van der Waals surface area contributed by atoms with Crippen LogP contribution in [0.5, 0.6) is 5.75 Å². The molecule has 0 aliphatic rings. The molecular weight excluding hydrogens is 350 g/mol. The molecule has 144 valence electrons. The number of hydrogen-bond acceptors (Lipinski definition) is 5. The predicted octanol–water partition coefficient (Wildman–Crippen LogP) is 0.729. The van der Waals surface area contributed by atoms with Gasteiger partial charge in [-0.25, -0.2) is 0 Å². The van der Waals surface area contributed by atoms with Gasteiger partial charge in [-0.2, -0.15) is 0 Å². The van der Waals surface area contributed by atoms with Gasteiger partial charge in [0.25, 0.3) is 11.5 Å². The fraction of sp³-hybridized carbons (Fsp3) is 0.316. The van der Waals surface area contributed by atoms with Crippen LogP contribution in [-0.2, 0) is 9.53 Å². The summed E-state index contributed by atoms with van der Waals surface area (Å²) in [6.45, 7) is 1.06. The van der Waals surface area contributed by atoms with Crippen LogP contribution in [0.1, 0.15) is 16.8 Å². The van der Waals surface area contributed by atoms with E-state index in [0.717, 1.165) is 0 Å². The second-order valence-corrected chi connectivity index (χ2v) is 5.67. The molecule has 2 N–H and O–H groups in total. The van der Waals surface area contributed by atoms with Crippen LogP contribution in [-0.4, -0.2) is 50.3 Å². The zero-order chi connectivity index (χ0) is 19.6. The molecule has 2 rings (SSSR count). The van der Waals surface area contributed by atoms with Crippen molar-refractivity contribution in [2.24, 2.45) is 0 Å². The number of benzene rings is 1. The maximum atomic E-state index is 12.3. The van der Waals surface area contributed by atoms with Gasteiger partial charge >= 0.3 is 0 Å². The van der Waals surface area contributed by atoms with E-state index in [-0.39, 0.29) is 30.3 Å². The Morgan fingerprint density at radius 2 is 1.74 bits per heavy atom. The van der Waals surface area contributed by atoms with Gasteiger partial charge in [0.15, 0.2) is 0 Å². The van der Waals surface area contributed by atoms with Crippen LogP contribution in [0, 0.1) is 0 Å². The number of pyridine rings is 1. The average Bonchev–Trinajstić information content (AvgIpc) is 2.68. The number of ether oxygens (including phenoxy) is 2. The molecule has 27 heavy (non-hydrogen) atoms. The first-order chi connectivity index (χ1) is 13.0. The number of rotatable bonds is 9. The highest BCUT2D eigenvalue weighted by atomic mass is 16.5. The fourth-order valence-electron chi connectivity index (χ4n) is 2.34. The van der Waals surface area contributed by atoms with Gasteiger partial charge in [-0.1, -0.05) is 0 Å². The standard InChI is InChI=1S/C19H23N3O5/c1-26-12-11-20-17(23)9-10-21-19(25)14-3-8-18(24)22(13-14)15-4-6-16(27-2)7-5-15/h3-8,13H,9-12H2,1-2H3,(H,20,23)(H,21,25). The van der Waals surface area contributed by atoms with E-state index in [9.17, 15) is 14.4 Å². The first kappa shape index (κ1) is 20.2. The topological polar surface area (TPSA) is 98.7 Å². The minimum atomic E-state index is -0.359. The van der Waals surface area contributed by atoms with Crippen LogP contribution in [0.3, 0.4) is 0 Å². The van der Waals surface area contributed by atoms with E-state index >= 15 is 0 Å². The molecule has 0 aliphatic carbocycles. The van der Waals surface area contributed by atoms with Gasteiger partial charge in [0, 0.05) is 44.6 Å². The fourth-order valence-corrected chi connectivity index (χ4v) is 2.34. The molecule has 2 amide bonds. The average molecular weight is 373 g/mol. The lowest BCUT2D eigenvalue weighted by Crippen LogP contribution is -2.32. The van der Waals surface area contributed by atoms with Crippen molar-refractivity contribution in [3.8, 4) is 11.4 Å².